The number of hydrogen-bond donors (Lipinski definition) is 0. The first-order valence-electron chi connectivity index (χ1n) is 9.62. The van der Waals surface area contributed by atoms with Crippen LogP contribution >= 0.6 is 7.92 Å². The van der Waals surface area contributed by atoms with Crippen LogP contribution in [0.5, 0.6) is 0 Å². The van der Waals surface area contributed by atoms with Crippen molar-refractivity contribution < 1.29 is 4.79 Å². The van der Waals surface area contributed by atoms with Crippen LogP contribution in [-0.4, -0.2) is 24.3 Å². The SMILES string of the molecule is CN(C=C=O)c1ccc(P(C2CCCCC2)C2CCCCC2)cc1. The third-order valence-corrected chi connectivity index (χ3v) is 9.24. The predicted molar refractivity (Wildman–Crippen MR) is 105 cm³/mol. The van der Waals surface area contributed by atoms with Crippen molar-refractivity contribution in [3.63, 3.8) is 0 Å². The van der Waals surface area contributed by atoms with Crippen LogP contribution in [-0.2, 0) is 4.79 Å². The van der Waals surface area contributed by atoms with E-state index < -0.39 is 0 Å². The standard InChI is InChI=1S/C21H30NOP/c1-22(16-17-23)18-12-14-21(15-13-18)24(19-8-4-2-5-9-19)20-10-6-3-7-11-20/h12-16,19-20H,2-11H2,1H3. The molecule has 0 aliphatic heterocycles. The molecule has 24 heavy (non-hydrogen) atoms. The summed E-state index contributed by atoms with van der Waals surface area (Å²) < 4.78 is 0. The monoisotopic (exact) mass is 343 g/mol. The molecular formula is C21H30NOP. The number of rotatable bonds is 5. The Hall–Kier alpha value is -1.10. The molecule has 1 aromatic carbocycles. The van der Waals surface area contributed by atoms with Crippen LogP contribution < -0.4 is 10.2 Å². The molecule has 0 atom stereocenters. The Balaban J connectivity index is 1.82. The summed E-state index contributed by atoms with van der Waals surface area (Å²) in [5, 5.41) is 1.59. The van der Waals surface area contributed by atoms with Crippen molar-refractivity contribution in [2.75, 3.05) is 11.9 Å². The van der Waals surface area contributed by atoms with E-state index in [2.05, 4.69) is 24.3 Å². The zero-order chi connectivity index (χ0) is 16.8. The number of nitrogens with zero attached hydrogens (tertiary/aromatic N) is 1. The molecule has 0 saturated heterocycles. The van der Waals surface area contributed by atoms with Crippen LogP contribution in [0.15, 0.2) is 30.5 Å². The van der Waals surface area contributed by atoms with Gasteiger partial charge < -0.3 is 4.90 Å². The van der Waals surface area contributed by atoms with Crippen LogP contribution in [0.2, 0.25) is 0 Å². The molecule has 0 N–H and O–H groups in total. The first kappa shape index (κ1) is 17.7. The van der Waals surface area contributed by atoms with Crippen LogP contribution in [0.4, 0.5) is 5.69 Å². The highest BCUT2D eigenvalue weighted by atomic mass is 31.1. The first-order valence-corrected chi connectivity index (χ1v) is 11.1. The van der Waals surface area contributed by atoms with Gasteiger partial charge in [-0.25, -0.2) is 4.79 Å². The highest BCUT2D eigenvalue weighted by molar-refractivity contribution is 7.67. The van der Waals surface area contributed by atoms with Gasteiger partial charge >= 0.3 is 0 Å². The Morgan fingerprint density at radius 2 is 1.42 bits per heavy atom. The van der Waals surface area contributed by atoms with E-state index in [0.29, 0.717) is 0 Å². The lowest BCUT2D eigenvalue weighted by molar-refractivity contribution is 0.487. The van der Waals surface area contributed by atoms with Crippen LogP contribution in [0.3, 0.4) is 0 Å². The van der Waals surface area contributed by atoms with Gasteiger partial charge in [0.25, 0.3) is 0 Å². The summed E-state index contributed by atoms with van der Waals surface area (Å²) in [6.45, 7) is 0. The molecule has 0 heterocycles. The van der Waals surface area contributed by atoms with Crippen molar-refractivity contribution in [1.82, 2.24) is 0 Å². The molecular weight excluding hydrogens is 313 g/mol. The Kier molecular flexibility index (Phi) is 6.52. The van der Waals surface area contributed by atoms with Crippen LogP contribution in [0, 0.1) is 0 Å². The first-order chi connectivity index (χ1) is 11.8. The quantitative estimate of drug-likeness (QED) is 0.538. The zero-order valence-electron chi connectivity index (χ0n) is 14.9. The molecule has 1 aromatic rings. The second kappa shape index (κ2) is 8.84. The van der Waals surface area contributed by atoms with Crippen molar-refractivity contribution in [3.05, 3.63) is 30.5 Å². The molecule has 0 radical (unpaired) electrons. The van der Waals surface area contributed by atoms with Gasteiger partial charge in [0.15, 0.2) is 0 Å². The van der Waals surface area contributed by atoms with Gasteiger partial charge in [0.05, 0.1) is 6.20 Å². The zero-order valence-corrected chi connectivity index (χ0v) is 15.8. The maximum absolute atomic E-state index is 10.6. The van der Waals surface area contributed by atoms with Gasteiger partial charge in [-0.1, -0.05) is 58.6 Å². The second-order valence-corrected chi connectivity index (χ2v) is 10.2. The number of anilines is 1. The lowest BCUT2D eigenvalue weighted by Crippen LogP contribution is -2.26. The summed E-state index contributed by atoms with van der Waals surface area (Å²) in [5.74, 6) is 1.86. The predicted octanol–water partition coefficient (Wildman–Crippen LogP) is 5.24. The maximum Gasteiger partial charge on any atom is 0.142 e. The molecule has 2 nitrogen and oxygen atoms in total. The summed E-state index contributed by atoms with van der Waals surface area (Å²) in [6, 6.07) is 9.06. The molecule has 2 fully saturated rings. The fraction of sp³-hybridized carbons (Fsp3) is 0.619. The van der Waals surface area contributed by atoms with Crippen molar-refractivity contribution in [2.24, 2.45) is 0 Å². The fourth-order valence-electron chi connectivity index (χ4n) is 4.45. The third-order valence-electron chi connectivity index (χ3n) is 5.74. The molecule has 3 heteroatoms. The van der Waals surface area contributed by atoms with Gasteiger partial charge in [-0.2, -0.15) is 0 Å². The Bertz CT molecular complexity index is 534. The minimum atomic E-state index is -0.0377. The van der Waals surface area contributed by atoms with Gasteiger partial charge in [-0.3, -0.25) is 0 Å². The van der Waals surface area contributed by atoms with E-state index in [1.807, 2.05) is 17.9 Å². The summed E-state index contributed by atoms with van der Waals surface area (Å²) in [7, 11) is 1.87. The van der Waals surface area contributed by atoms with Crippen molar-refractivity contribution in [2.45, 2.75) is 75.5 Å². The highest BCUT2D eigenvalue weighted by Gasteiger charge is 2.32. The second-order valence-electron chi connectivity index (χ2n) is 7.37. The van der Waals surface area contributed by atoms with E-state index >= 15 is 0 Å². The molecule has 0 amide bonds. The molecule has 2 aliphatic rings. The molecule has 0 spiro atoms. The highest BCUT2D eigenvalue weighted by Crippen LogP contribution is 2.54. The van der Waals surface area contributed by atoms with Gasteiger partial charge in [-0.15, -0.1) is 0 Å². The fourth-order valence-corrected chi connectivity index (χ4v) is 8.23. The largest absolute Gasteiger partial charge is 0.342 e. The van der Waals surface area contributed by atoms with Gasteiger partial charge in [0.2, 0.25) is 0 Å². The number of benzene rings is 1. The average molecular weight is 343 g/mol. The van der Waals surface area contributed by atoms with Crippen LogP contribution in [0.25, 0.3) is 0 Å². The third kappa shape index (κ3) is 4.29. The van der Waals surface area contributed by atoms with Crippen molar-refractivity contribution >= 4 is 24.9 Å². The topological polar surface area (TPSA) is 20.3 Å². The minimum Gasteiger partial charge on any atom is -0.342 e. The maximum atomic E-state index is 10.6. The van der Waals surface area contributed by atoms with Gasteiger partial charge in [0, 0.05) is 12.7 Å². The normalized spacial score (nSPS) is 19.9. The lowest BCUT2D eigenvalue weighted by Gasteiger charge is -2.38. The van der Waals surface area contributed by atoms with Gasteiger partial charge in [-0.05, 0) is 54.4 Å². The Morgan fingerprint density at radius 3 is 1.88 bits per heavy atom. The van der Waals surface area contributed by atoms with E-state index in [9.17, 15) is 4.79 Å². The smallest absolute Gasteiger partial charge is 0.142 e. The molecule has 0 aromatic heterocycles. The Labute approximate surface area is 148 Å². The van der Waals surface area contributed by atoms with Crippen molar-refractivity contribution in [1.29, 1.82) is 0 Å². The summed E-state index contributed by atoms with van der Waals surface area (Å²) in [5.41, 5.74) is 2.95. The molecule has 130 valence electrons. The lowest BCUT2D eigenvalue weighted by atomic mass is 9.99. The summed E-state index contributed by atoms with van der Waals surface area (Å²) >= 11 is 0. The molecule has 2 saturated carbocycles. The molecule has 3 rings (SSSR count). The van der Waals surface area contributed by atoms with E-state index in [0.717, 1.165) is 17.0 Å². The number of carbonyl (C=O) groups excluding carboxylic acids is 1. The molecule has 0 unspecified atom stereocenters. The van der Waals surface area contributed by atoms with E-state index in [4.69, 9.17) is 0 Å². The summed E-state index contributed by atoms with van der Waals surface area (Å²) in [4.78, 5) is 12.4. The van der Waals surface area contributed by atoms with Gasteiger partial charge in [0.1, 0.15) is 5.94 Å². The van der Waals surface area contributed by atoms with E-state index in [-0.39, 0.29) is 7.92 Å². The van der Waals surface area contributed by atoms with E-state index in [1.54, 1.807) is 5.30 Å². The average Bonchev–Trinajstić information content (AvgIpc) is 2.64. The number of hydrogen-bond acceptors (Lipinski definition) is 2. The molecule has 0 bridgehead atoms. The minimum absolute atomic E-state index is 0.0377. The van der Waals surface area contributed by atoms with Crippen molar-refractivity contribution in [3.8, 4) is 0 Å². The molecule has 2 aliphatic carbocycles. The Morgan fingerprint density at radius 1 is 0.917 bits per heavy atom. The van der Waals surface area contributed by atoms with Crippen LogP contribution in [0.1, 0.15) is 64.2 Å². The summed E-state index contributed by atoms with van der Waals surface area (Å²) in [6.07, 6.45) is 15.8. The van der Waals surface area contributed by atoms with E-state index in [1.165, 1.54) is 70.4 Å².